The van der Waals surface area contributed by atoms with Gasteiger partial charge in [-0.15, -0.1) is 0 Å². The van der Waals surface area contributed by atoms with Crippen molar-refractivity contribution >= 4 is 13.8 Å². The van der Waals surface area contributed by atoms with Crippen molar-refractivity contribution in [2.45, 2.75) is 180 Å². The molecule has 0 aliphatic carbocycles. The number of unbranched alkanes of at least 4 members (excludes halogenated alkanes) is 22. The standard InChI is InChI=1S/C37H76NO7P/c1-6-8-9-10-11-12-13-14-15-16-17-18-19-20-21-22-23-24-25-26-27-28-29-32-42-34-36(45-37(39)30-7-2)35-44-46(40,41)43-33-31-38(3,4)5/h36H,6-35H2,1-5H3/p+1. The number of phosphoric ester groups is 1. The van der Waals surface area contributed by atoms with Gasteiger partial charge in [-0.05, 0) is 12.8 Å². The van der Waals surface area contributed by atoms with Crippen LogP contribution in [0.15, 0.2) is 0 Å². The third-order valence-corrected chi connectivity index (χ3v) is 9.37. The first-order valence-electron chi connectivity index (χ1n) is 19.3. The van der Waals surface area contributed by atoms with Gasteiger partial charge in [0.25, 0.3) is 0 Å². The van der Waals surface area contributed by atoms with Crippen LogP contribution in [0.25, 0.3) is 0 Å². The summed E-state index contributed by atoms with van der Waals surface area (Å²) in [6.45, 7) is 5.29. The Hall–Kier alpha value is -0.500. The van der Waals surface area contributed by atoms with E-state index in [9.17, 15) is 14.3 Å². The van der Waals surface area contributed by atoms with Gasteiger partial charge >= 0.3 is 13.8 Å². The molecule has 0 spiro atoms. The zero-order valence-electron chi connectivity index (χ0n) is 31.1. The Morgan fingerprint density at radius 1 is 0.587 bits per heavy atom. The maximum atomic E-state index is 12.2. The van der Waals surface area contributed by atoms with Crippen LogP contribution in [0.4, 0.5) is 0 Å². The molecule has 0 heterocycles. The highest BCUT2D eigenvalue weighted by atomic mass is 31.2. The monoisotopic (exact) mass is 679 g/mol. The molecule has 0 bridgehead atoms. The first-order chi connectivity index (χ1) is 22.1. The molecule has 0 aromatic carbocycles. The summed E-state index contributed by atoms with van der Waals surface area (Å²) in [5.41, 5.74) is 0. The van der Waals surface area contributed by atoms with Crippen molar-refractivity contribution < 1.29 is 37.3 Å². The summed E-state index contributed by atoms with van der Waals surface area (Å²) in [6, 6.07) is 0. The zero-order chi connectivity index (χ0) is 34.2. The topological polar surface area (TPSA) is 91.3 Å². The van der Waals surface area contributed by atoms with Gasteiger partial charge in [0.2, 0.25) is 0 Å². The van der Waals surface area contributed by atoms with Crippen molar-refractivity contribution in [3.63, 3.8) is 0 Å². The number of rotatable bonds is 36. The molecular formula is C37H77NO7P+. The average molecular weight is 679 g/mol. The van der Waals surface area contributed by atoms with Crippen molar-refractivity contribution in [3.8, 4) is 0 Å². The van der Waals surface area contributed by atoms with Crippen LogP contribution in [0, 0.1) is 0 Å². The Kier molecular flexibility index (Phi) is 31.4. The molecular weight excluding hydrogens is 601 g/mol. The number of nitrogens with zero attached hydrogens (tertiary/aromatic N) is 1. The second-order valence-electron chi connectivity index (χ2n) is 14.3. The van der Waals surface area contributed by atoms with Crippen LogP contribution < -0.4 is 0 Å². The van der Waals surface area contributed by atoms with E-state index in [2.05, 4.69) is 6.92 Å². The third kappa shape index (κ3) is 34.8. The number of likely N-dealkylation sites (N-methyl/N-ethyl adjacent to an activating group) is 1. The van der Waals surface area contributed by atoms with E-state index in [0.29, 0.717) is 24.1 Å². The number of ether oxygens (including phenoxy) is 2. The highest BCUT2D eigenvalue weighted by Crippen LogP contribution is 2.43. The molecule has 0 aliphatic rings. The molecule has 9 heteroatoms. The van der Waals surface area contributed by atoms with Crippen LogP contribution in [0.3, 0.4) is 0 Å². The van der Waals surface area contributed by atoms with Gasteiger partial charge < -0.3 is 18.9 Å². The molecule has 0 fully saturated rings. The van der Waals surface area contributed by atoms with Gasteiger partial charge in [0.15, 0.2) is 0 Å². The first kappa shape index (κ1) is 45.5. The predicted octanol–water partition coefficient (Wildman–Crippen LogP) is 10.5. The molecule has 2 atom stereocenters. The fraction of sp³-hybridized carbons (Fsp3) is 0.973. The zero-order valence-corrected chi connectivity index (χ0v) is 32.0. The van der Waals surface area contributed by atoms with E-state index in [1.807, 2.05) is 28.1 Å². The molecule has 0 saturated heterocycles. The summed E-state index contributed by atoms with van der Waals surface area (Å²) in [5, 5.41) is 0. The van der Waals surface area contributed by atoms with Crippen molar-refractivity contribution in [2.24, 2.45) is 0 Å². The molecule has 1 N–H and O–H groups in total. The number of quaternary nitrogens is 1. The first-order valence-corrected chi connectivity index (χ1v) is 20.8. The van der Waals surface area contributed by atoms with E-state index >= 15 is 0 Å². The van der Waals surface area contributed by atoms with Crippen molar-refractivity contribution in [3.05, 3.63) is 0 Å². The second-order valence-corrected chi connectivity index (χ2v) is 15.8. The van der Waals surface area contributed by atoms with Crippen LogP contribution >= 0.6 is 7.82 Å². The molecule has 0 aromatic heterocycles. The number of carbonyl (C=O) groups is 1. The molecule has 0 aliphatic heterocycles. The van der Waals surface area contributed by atoms with E-state index in [0.717, 1.165) is 12.8 Å². The quantitative estimate of drug-likeness (QED) is 0.0305. The minimum Gasteiger partial charge on any atom is -0.457 e. The lowest BCUT2D eigenvalue weighted by Crippen LogP contribution is -2.37. The van der Waals surface area contributed by atoms with Crippen molar-refractivity contribution in [1.82, 2.24) is 0 Å². The SMILES string of the molecule is CCCCCCCCCCCCCCCCCCCCCCCCCOCC(COP(=O)(O)OCC[N+](C)(C)C)OC(=O)CCC. The summed E-state index contributed by atoms with van der Waals surface area (Å²) < 4.78 is 34.2. The molecule has 0 radical (unpaired) electrons. The molecule has 0 amide bonds. The lowest BCUT2D eigenvalue weighted by molar-refractivity contribution is -0.870. The highest BCUT2D eigenvalue weighted by Gasteiger charge is 2.26. The van der Waals surface area contributed by atoms with Crippen molar-refractivity contribution in [2.75, 3.05) is 54.1 Å². The largest absolute Gasteiger partial charge is 0.472 e. The summed E-state index contributed by atoms with van der Waals surface area (Å²) in [6.07, 6.45) is 31.5. The normalized spacial score (nSPS) is 14.0. The lowest BCUT2D eigenvalue weighted by atomic mass is 10.0. The van der Waals surface area contributed by atoms with Gasteiger partial charge in [-0.1, -0.05) is 155 Å². The Labute approximate surface area is 285 Å². The Bertz CT molecular complexity index is 716. The minimum atomic E-state index is -4.23. The third-order valence-electron chi connectivity index (χ3n) is 8.39. The van der Waals surface area contributed by atoms with Crippen LogP contribution in [0.2, 0.25) is 0 Å². The van der Waals surface area contributed by atoms with Crippen LogP contribution in [0.1, 0.15) is 174 Å². The van der Waals surface area contributed by atoms with Gasteiger partial charge in [-0.2, -0.15) is 0 Å². The molecule has 0 rings (SSSR count). The molecule has 276 valence electrons. The number of hydrogen-bond acceptors (Lipinski definition) is 6. The highest BCUT2D eigenvalue weighted by molar-refractivity contribution is 7.47. The van der Waals surface area contributed by atoms with E-state index in [1.165, 1.54) is 135 Å². The predicted molar refractivity (Wildman–Crippen MR) is 192 cm³/mol. The fourth-order valence-corrected chi connectivity index (χ4v) is 6.16. The number of esters is 1. The van der Waals surface area contributed by atoms with Crippen LogP contribution in [0.5, 0.6) is 0 Å². The van der Waals surface area contributed by atoms with E-state index in [-0.39, 0.29) is 32.2 Å². The molecule has 46 heavy (non-hydrogen) atoms. The Morgan fingerprint density at radius 3 is 1.39 bits per heavy atom. The summed E-state index contributed by atoms with van der Waals surface area (Å²) >= 11 is 0. The van der Waals surface area contributed by atoms with E-state index < -0.39 is 13.9 Å². The second kappa shape index (κ2) is 31.7. The smallest absolute Gasteiger partial charge is 0.457 e. The van der Waals surface area contributed by atoms with E-state index in [4.69, 9.17) is 18.5 Å². The Morgan fingerprint density at radius 2 is 1.00 bits per heavy atom. The number of carbonyl (C=O) groups excluding carboxylic acids is 1. The number of hydrogen-bond donors (Lipinski definition) is 1. The van der Waals surface area contributed by atoms with Gasteiger partial charge in [0, 0.05) is 13.0 Å². The van der Waals surface area contributed by atoms with Gasteiger partial charge in [0.1, 0.15) is 19.3 Å². The molecule has 2 unspecified atom stereocenters. The van der Waals surface area contributed by atoms with Gasteiger partial charge in [0.05, 0.1) is 34.4 Å². The van der Waals surface area contributed by atoms with Crippen LogP contribution in [-0.2, 0) is 27.9 Å². The maximum Gasteiger partial charge on any atom is 0.472 e. The average Bonchev–Trinajstić information content (AvgIpc) is 2.99. The van der Waals surface area contributed by atoms with E-state index in [1.54, 1.807) is 0 Å². The fourth-order valence-electron chi connectivity index (χ4n) is 5.41. The summed E-state index contributed by atoms with van der Waals surface area (Å²) in [5.74, 6) is -0.363. The summed E-state index contributed by atoms with van der Waals surface area (Å²) in [7, 11) is 1.67. The molecule has 0 saturated carbocycles. The Balaban J connectivity index is 3.68. The van der Waals surface area contributed by atoms with Crippen LogP contribution in [-0.4, -0.2) is 75.6 Å². The number of phosphoric acid groups is 1. The molecule has 0 aromatic rings. The van der Waals surface area contributed by atoms with Gasteiger partial charge in [-0.25, -0.2) is 4.57 Å². The maximum absolute atomic E-state index is 12.2. The lowest BCUT2D eigenvalue weighted by Gasteiger charge is -2.24. The van der Waals surface area contributed by atoms with Crippen molar-refractivity contribution in [1.29, 1.82) is 0 Å². The minimum absolute atomic E-state index is 0.0909. The molecule has 8 nitrogen and oxygen atoms in total. The summed E-state index contributed by atoms with van der Waals surface area (Å²) in [4.78, 5) is 22.0. The van der Waals surface area contributed by atoms with Gasteiger partial charge in [-0.3, -0.25) is 13.8 Å².